The van der Waals surface area contributed by atoms with E-state index >= 15 is 0 Å². The van der Waals surface area contributed by atoms with Gasteiger partial charge in [0.2, 0.25) is 0 Å². The van der Waals surface area contributed by atoms with Crippen LogP contribution < -0.4 is 0 Å². The molecule has 0 aliphatic rings. The van der Waals surface area contributed by atoms with E-state index < -0.39 is 0 Å². The zero-order chi connectivity index (χ0) is 14.0. The van der Waals surface area contributed by atoms with Gasteiger partial charge >= 0.3 is 0 Å². The molecule has 2 aromatic carbocycles. The average Bonchev–Trinajstić information content (AvgIpc) is 2.38. The Balaban J connectivity index is 2.47. The molecular formula is C17H19BrO. The molecule has 0 saturated carbocycles. The predicted octanol–water partition coefficient (Wildman–Crippen LogP) is 4.50. The zero-order valence-corrected chi connectivity index (χ0v) is 13.2. The molecule has 0 aromatic heterocycles. The standard InChI is InChI=1S/C17H19BrO/c1-11-8-13(3)16(9-12(11)2)17(10-19)14-4-6-15(18)7-5-14/h4-9,17,19H,10H2,1-3H3. The monoisotopic (exact) mass is 318 g/mol. The van der Waals surface area contributed by atoms with Crippen molar-refractivity contribution in [2.75, 3.05) is 6.61 Å². The van der Waals surface area contributed by atoms with Crippen LogP contribution in [0.3, 0.4) is 0 Å². The van der Waals surface area contributed by atoms with Crippen LogP contribution in [0.25, 0.3) is 0 Å². The predicted molar refractivity (Wildman–Crippen MR) is 83.7 cm³/mol. The Morgan fingerprint density at radius 1 is 0.947 bits per heavy atom. The molecule has 1 N–H and O–H groups in total. The first-order chi connectivity index (χ1) is 9.02. The molecule has 0 radical (unpaired) electrons. The molecular weight excluding hydrogens is 300 g/mol. The average molecular weight is 319 g/mol. The van der Waals surface area contributed by atoms with Crippen LogP contribution in [-0.4, -0.2) is 11.7 Å². The van der Waals surface area contributed by atoms with Crippen molar-refractivity contribution in [1.29, 1.82) is 0 Å². The number of hydrogen-bond acceptors (Lipinski definition) is 1. The van der Waals surface area contributed by atoms with E-state index in [1.54, 1.807) is 0 Å². The molecule has 2 aromatic rings. The number of aryl methyl sites for hydroxylation is 3. The molecule has 0 spiro atoms. The van der Waals surface area contributed by atoms with Gasteiger partial charge in [0, 0.05) is 10.4 Å². The first kappa shape index (κ1) is 14.3. The second-order valence-corrected chi connectivity index (χ2v) is 6.00. The second kappa shape index (κ2) is 5.89. The van der Waals surface area contributed by atoms with Gasteiger partial charge in [-0.3, -0.25) is 0 Å². The molecule has 2 heteroatoms. The van der Waals surface area contributed by atoms with E-state index in [4.69, 9.17) is 0 Å². The van der Waals surface area contributed by atoms with Crippen molar-refractivity contribution < 1.29 is 5.11 Å². The number of rotatable bonds is 3. The van der Waals surface area contributed by atoms with Crippen molar-refractivity contribution in [1.82, 2.24) is 0 Å². The van der Waals surface area contributed by atoms with Crippen molar-refractivity contribution >= 4 is 15.9 Å². The Hall–Kier alpha value is -1.12. The van der Waals surface area contributed by atoms with Gasteiger partial charge < -0.3 is 5.11 Å². The highest BCUT2D eigenvalue weighted by Crippen LogP contribution is 2.29. The minimum atomic E-state index is 0.0485. The van der Waals surface area contributed by atoms with Gasteiger partial charge in [-0.25, -0.2) is 0 Å². The van der Waals surface area contributed by atoms with Gasteiger partial charge in [0.1, 0.15) is 0 Å². The summed E-state index contributed by atoms with van der Waals surface area (Å²) in [5.74, 6) is 0.0485. The first-order valence-corrected chi connectivity index (χ1v) is 7.26. The molecule has 0 heterocycles. The van der Waals surface area contributed by atoms with Crippen molar-refractivity contribution in [3.63, 3.8) is 0 Å². The lowest BCUT2D eigenvalue weighted by Crippen LogP contribution is -2.08. The number of aliphatic hydroxyl groups is 1. The largest absolute Gasteiger partial charge is 0.395 e. The highest BCUT2D eigenvalue weighted by molar-refractivity contribution is 9.10. The Bertz CT molecular complexity index is 573. The number of hydrogen-bond donors (Lipinski definition) is 1. The quantitative estimate of drug-likeness (QED) is 0.883. The summed E-state index contributed by atoms with van der Waals surface area (Å²) in [6, 6.07) is 12.6. The summed E-state index contributed by atoms with van der Waals surface area (Å²) in [4.78, 5) is 0. The van der Waals surface area contributed by atoms with E-state index in [0.29, 0.717) is 0 Å². The molecule has 1 atom stereocenters. The van der Waals surface area contributed by atoms with Crippen molar-refractivity contribution in [3.8, 4) is 0 Å². The lowest BCUT2D eigenvalue weighted by molar-refractivity contribution is 0.280. The third kappa shape index (κ3) is 3.07. The molecule has 0 amide bonds. The minimum absolute atomic E-state index is 0.0485. The van der Waals surface area contributed by atoms with E-state index in [1.165, 1.54) is 22.3 Å². The molecule has 0 fully saturated rings. The van der Waals surface area contributed by atoms with Gasteiger partial charge in [-0.2, -0.15) is 0 Å². The van der Waals surface area contributed by atoms with Crippen molar-refractivity contribution in [2.24, 2.45) is 0 Å². The number of halogens is 1. The van der Waals surface area contributed by atoms with Crippen LogP contribution in [0.4, 0.5) is 0 Å². The van der Waals surface area contributed by atoms with E-state index in [9.17, 15) is 5.11 Å². The molecule has 19 heavy (non-hydrogen) atoms. The topological polar surface area (TPSA) is 20.2 Å². The molecule has 1 nitrogen and oxygen atoms in total. The van der Waals surface area contributed by atoms with Gasteiger partial charge in [0.25, 0.3) is 0 Å². The summed E-state index contributed by atoms with van der Waals surface area (Å²) >= 11 is 3.45. The smallest absolute Gasteiger partial charge is 0.0540 e. The molecule has 100 valence electrons. The SMILES string of the molecule is Cc1cc(C)c(C(CO)c2ccc(Br)cc2)cc1C. The molecule has 0 aliphatic carbocycles. The summed E-state index contributed by atoms with van der Waals surface area (Å²) in [6.07, 6.45) is 0. The second-order valence-electron chi connectivity index (χ2n) is 5.08. The highest BCUT2D eigenvalue weighted by atomic mass is 79.9. The maximum atomic E-state index is 9.78. The lowest BCUT2D eigenvalue weighted by atomic mass is 9.87. The van der Waals surface area contributed by atoms with Crippen LogP contribution in [0.2, 0.25) is 0 Å². The third-order valence-corrected chi connectivity index (χ3v) is 4.24. The molecule has 1 unspecified atom stereocenters. The van der Waals surface area contributed by atoms with Crippen LogP contribution in [0.15, 0.2) is 40.9 Å². The molecule has 0 saturated heterocycles. The Labute approximate surface area is 123 Å². The fourth-order valence-electron chi connectivity index (χ4n) is 2.44. The maximum absolute atomic E-state index is 9.78. The Kier molecular flexibility index (Phi) is 4.43. The van der Waals surface area contributed by atoms with Gasteiger partial charge in [0.05, 0.1) is 6.61 Å². The highest BCUT2D eigenvalue weighted by Gasteiger charge is 2.16. The van der Waals surface area contributed by atoms with Crippen LogP contribution in [-0.2, 0) is 0 Å². The molecule has 2 rings (SSSR count). The third-order valence-electron chi connectivity index (χ3n) is 3.71. The van der Waals surface area contributed by atoms with Crippen molar-refractivity contribution in [2.45, 2.75) is 26.7 Å². The normalized spacial score (nSPS) is 12.5. The van der Waals surface area contributed by atoms with E-state index in [-0.39, 0.29) is 12.5 Å². The number of benzene rings is 2. The van der Waals surface area contributed by atoms with Gasteiger partial charge in [-0.15, -0.1) is 0 Å². The molecule has 0 aliphatic heterocycles. The summed E-state index contributed by atoms with van der Waals surface area (Å²) in [5.41, 5.74) is 6.18. The fraction of sp³-hybridized carbons (Fsp3) is 0.294. The summed E-state index contributed by atoms with van der Waals surface area (Å²) in [7, 11) is 0. The lowest BCUT2D eigenvalue weighted by Gasteiger charge is -2.19. The Morgan fingerprint density at radius 3 is 2.11 bits per heavy atom. The summed E-state index contributed by atoms with van der Waals surface area (Å²) in [6.45, 7) is 6.49. The summed E-state index contributed by atoms with van der Waals surface area (Å²) < 4.78 is 1.06. The first-order valence-electron chi connectivity index (χ1n) is 6.47. The van der Waals surface area contributed by atoms with Crippen molar-refractivity contribution in [3.05, 3.63) is 68.7 Å². The molecule has 0 bridgehead atoms. The van der Waals surface area contributed by atoms with Crippen LogP contribution in [0.5, 0.6) is 0 Å². The van der Waals surface area contributed by atoms with Crippen LogP contribution in [0, 0.1) is 20.8 Å². The minimum Gasteiger partial charge on any atom is -0.395 e. The summed E-state index contributed by atoms with van der Waals surface area (Å²) in [5, 5.41) is 9.78. The Morgan fingerprint density at radius 2 is 1.53 bits per heavy atom. The maximum Gasteiger partial charge on any atom is 0.0540 e. The fourth-order valence-corrected chi connectivity index (χ4v) is 2.70. The van der Waals surface area contributed by atoms with E-state index in [1.807, 2.05) is 12.1 Å². The van der Waals surface area contributed by atoms with Crippen LogP contribution in [0.1, 0.15) is 33.7 Å². The van der Waals surface area contributed by atoms with Gasteiger partial charge in [0.15, 0.2) is 0 Å². The van der Waals surface area contributed by atoms with Gasteiger partial charge in [-0.05, 0) is 60.7 Å². The van der Waals surface area contributed by atoms with E-state index in [0.717, 1.165) is 10.0 Å². The zero-order valence-electron chi connectivity index (χ0n) is 11.6. The van der Waals surface area contributed by atoms with Gasteiger partial charge in [-0.1, -0.05) is 40.2 Å². The number of aliphatic hydroxyl groups excluding tert-OH is 1. The van der Waals surface area contributed by atoms with E-state index in [2.05, 4.69) is 61.0 Å². The van der Waals surface area contributed by atoms with Crippen LogP contribution >= 0.6 is 15.9 Å².